The van der Waals surface area contributed by atoms with Gasteiger partial charge in [0.15, 0.2) is 11.6 Å². The van der Waals surface area contributed by atoms with Crippen molar-refractivity contribution >= 4 is 5.69 Å². The number of halogens is 2. The summed E-state index contributed by atoms with van der Waals surface area (Å²) < 4.78 is 25.7. The Morgan fingerprint density at radius 1 is 1.33 bits per heavy atom. The normalized spacial score (nSPS) is 9.17. The van der Waals surface area contributed by atoms with Crippen molar-refractivity contribution < 1.29 is 8.78 Å². The standard InChI is InChI=1S/C8H6F2N2/c1-12-6-3-2-5(4-11)7(9)8(6)10/h2-3,12H,1H3. The summed E-state index contributed by atoms with van der Waals surface area (Å²) in [6.45, 7) is 0. The Balaban J connectivity index is 3.32. The molecule has 4 heteroatoms. The van der Waals surface area contributed by atoms with Crippen LogP contribution in [-0.4, -0.2) is 7.05 Å². The zero-order valence-electron chi connectivity index (χ0n) is 6.36. The second kappa shape index (κ2) is 3.18. The van der Waals surface area contributed by atoms with Crippen LogP contribution in [0.4, 0.5) is 14.5 Å². The largest absolute Gasteiger partial charge is 0.386 e. The molecule has 0 radical (unpaired) electrons. The molecule has 0 saturated heterocycles. The topological polar surface area (TPSA) is 35.8 Å². The van der Waals surface area contributed by atoms with Crippen LogP contribution in [0.25, 0.3) is 0 Å². The van der Waals surface area contributed by atoms with E-state index in [0.29, 0.717) is 0 Å². The van der Waals surface area contributed by atoms with Gasteiger partial charge in [-0.05, 0) is 12.1 Å². The molecule has 0 atom stereocenters. The van der Waals surface area contributed by atoms with Crippen molar-refractivity contribution in [3.05, 3.63) is 29.3 Å². The Kier molecular flexibility index (Phi) is 2.24. The van der Waals surface area contributed by atoms with Crippen molar-refractivity contribution in [2.24, 2.45) is 0 Å². The van der Waals surface area contributed by atoms with E-state index < -0.39 is 11.6 Å². The molecule has 0 aromatic heterocycles. The summed E-state index contributed by atoms with van der Waals surface area (Å²) in [6.07, 6.45) is 0. The van der Waals surface area contributed by atoms with Crippen LogP contribution in [0.2, 0.25) is 0 Å². The van der Waals surface area contributed by atoms with Gasteiger partial charge in [-0.3, -0.25) is 0 Å². The third kappa shape index (κ3) is 1.21. The number of nitriles is 1. The van der Waals surface area contributed by atoms with Crippen LogP contribution in [0.3, 0.4) is 0 Å². The van der Waals surface area contributed by atoms with Gasteiger partial charge >= 0.3 is 0 Å². The molecule has 0 fully saturated rings. The number of rotatable bonds is 1. The van der Waals surface area contributed by atoms with E-state index in [2.05, 4.69) is 5.32 Å². The molecular weight excluding hydrogens is 162 g/mol. The maximum atomic E-state index is 12.9. The smallest absolute Gasteiger partial charge is 0.183 e. The highest BCUT2D eigenvalue weighted by atomic mass is 19.2. The lowest BCUT2D eigenvalue weighted by Gasteiger charge is -2.02. The highest BCUT2D eigenvalue weighted by molar-refractivity contribution is 5.49. The zero-order chi connectivity index (χ0) is 9.14. The van der Waals surface area contributed by atoms with E-state index in [9.17, 15) is 8.78 Å². The molecule has 0 amide bonds. The summed E-state index contributed by atoms with van der Waals surface area (Å²) in [5.41, 5.74) is -0.238. The second-order valence-electron chi connectivity index (χ2n) is 2.15. The average molecular weight is 168 g/mol. The Bertz CT molecular complexity index is 342. The first kappa shape index (κ1) is 8.47. The van der Waals surface area contributed by atoms with E-state index in [4.69, 9.17) is 5.26 Å². The maximum absolute atomic E-state index is 12.9. The van der Waals surface area contributed by atoms with Gasteiger partial charge in [0, 0.05) is 7.05 Å². The molecule has 0 aliphatic rings. The van der Waals surface area contributed by atoms with Gasteiger partial charge in [-0.15, -0.1) is 0 Å². The van der Waals surface area contributed by atoms with Crippen molar-refractivity contribution in [1.82, 2.24) is 0 Å². The van der Waals surface area contributed by atoms with Crippen LogP contribution in [0.15, 0.2) is 12.1 Å². The van der Waals surface area contributed by atoms with E-state index in [1.54, 1.807) is 6.07 Å². The number of anilines is 1. The van der Waals surface area contributed by atoms with E-state index in [1.807, 2.05) is 0 Å². The van der Waals surface area contributed by atoms with E-state index in [1.165, 1.54) is 19.2 Å². The fraction of sp³-hybridized carbons (Fsp3) is 0.125. The first-order valence-electron chi connectivity index (χ1n) is 3.26. The quantitative estimate of drug-likeness (QED) is 0.694. The molecule has 0 aliphatic carbocycles. The summed E-state index contributed by atoms with van der Waals surface area (Å²) >= 11 is 0. The molecule has 0 bridgehead atoms. The minimum Gasteiger partial charge on any atom is -0.386 e. The molecule has 1 N–H and O–H groups in total. The summed E-state index contributed by atoms with van der Waals surface area (Å²) in [5.74, 6) is -2.12. The fourth-order valence-electron chi connectivity index (χ4n) is 0.829. The highest BCUT2D eigenvalue weighted by Crippen LogP contribution is 2.19. The van der Waals surface area contributed by atoms with Crippen LogP contribution < -0.4 is 5.32 Å². The van der Waals surface area contributed by atoms with Crippen LogP contribution in [0, 0.1) is 23.0 Å². The van der Waals surface area contributed by atoms with Crippen molar-refractivity contribution in [2.75, 3.05) is 12.4 Å². The second-order valence-corrected chi connectivity index (χ2v) is 2.15. The van der Waals surface area contributed by atoms with Gasteiger partial charge in [-0.1, -0.05) is 0 Å². The fourth-order valence-corrected chi connectivity index (χ4v) is 0.829. The lowest BCUT2D eigenvalue weighted by molar-refractivity contribution is 0.509. The molecule has 0 unspecified atom stereocenters. The minimum absolute atomic E-state index is 0.0477. The van der Waals surface area contributed by atoms with E-state index in [0.717, 1.165) is 0 Å². The number of nitrogens with one attached hydrogen (secondary N) is 1. The molecule has 0 aliphatic heterocycles. The first-order valence-corrected chi connectivity index (χ1v) is 3.26. The monoisotopic (exact) mass is 168 g/mol. The van der Waals surface area contributed by atoms with Crippen molar-refractivity contribution in [3.8, 4) is 6.07 Å². The van der Waals surface area contributed by atoms with Gasteiger partial charge in [0.1, 0.15) is 6.07 Å². The van der Waals surface area contributed by atoms with E-state index in [-0.39, 0.29) is 11.3 Å². The van der Waals surface area contributed by atoms with Crippen LogP contribution >= 0.6 is 0 Å². The maximum Gasteiger partial charge on any atom is 0.183 e. The molecule has 62 valence electrons. The van der Waals surface area contributed by atoms with Crippen LogP contribution in [0.1, 0.15) is 5.56 Å². The lowest BCUT2D eigenvalue weighted by Crippen LogP contribution is -1.97. The molecule has 0 spiro atoms. The number of hydrogen-bond acceptors (Lipinski definition) is 2. The molecule has 1 aromatic rings. The molecule has 0 saturated carbocycles. The predicted molar refractivity (Wildman–Crippen MR) is 40.6 cm³/mol. The van der Waals surface area contributed by atoms with Gasteiger partial charge in [-0.25, -0.2) is 8.78 Å². The van der Waals surface area contributed by atoms with Gasteiger partial charge in [0.2, 0.25) is 0 Å². The third-order valence-electron chi connectivity index (χ3n) is 1.47. The lowest BCUT2D eigenvalue weighted by atomic mass is 10.2. The average Bonchev–Trinajstić information content (AvgIpc) is 2.10. The number of benzene rings is 1. The third-order valence-corrected chi connectivity index (χ3v) is 1.47. The molecule has 2 nitrogen and oxygen atoms in total. The molecule has 1 rings (SSSR count). The minimum atomic E-state index is -1.11. The van der Waals surface area contributed by atoms with Gasteiger partial charge in [0.05, 0.1) is 11.3 Å². The summed E-state index contributed by atoms with van der Waals surface area (Å²) in [5, 5.41) is 10.8. The van der Waals surface area contributed by atoms with E-state index >= 15 is 0 Å². The summed E-state index contributed by atoms with van der Waals surface area (Å²) in [7, 11) is 1.48. The highest BCUT2D eigenvalue weighted by Gasteiger charge is 2.11. The zero-order valence-corrected chi connectivity index (χ0v) is 6.36. The first-order chi connectivity index (χ1) is 5.70. The van der Waals surface area contributed by atoms with Gasteiger partial charge < -0.3 is 5.32 Å². The Hall–Kier alpha value is -1.63. The molecule has 1 aromatic carbocycles. The number of hydrogen-bond donors (Lipinski definition) is 1. The Morgan fingerprint density at radius 3 is 2.50 bits per heavy atom. The van der Waals surface area contributed by atoms with Crippen molar-refractivity contribution in [3.63, 3.8) is 0 Å². The Morgan fingerprint density at radius 2 is 2.00 bits per heavy atom. The van der Waals surface area contributed by atoms with Crippen molar-refractivity contribution in [1.29, 1.82) is 5.26 Å². The van der Waals surface area contributed by atoms with Gasteiger partial charge in [0.25, 0.3) is 0 Å². The Labute approximate surface area is 68.4 Å². The van der Waals surface area contributed by atoms with Crippen LogP contribution in [-0.2, 0) is 0 Å². The van der Waals surface area contributed by atoms with Crippen molar-refractivity contribution in [2.45, 2.75) is 0 Å². The van der Waals surface area contributed by atoms with Gasteiger partial charge in [-0.2, -0.15) is 5.26 Å². The van der Waals surface area contributed by atoms with Crippen LogP contribution in [0.5, 0.6) is 0 Å². The molecular formula is C8H6F2N2. The predicted octanol–water partition coefficient (Wildman–Crippen LogP) is 1.88. The summed E-state index contributed by atoms with van der Waals surface area (Å²) in [6, 6.07) is 4.09. The summed E-state index contributed by atoms with van der Waals surface area (Å²) in [4.78, 5) is 0. The number of nitrogens with zero attached hydrogens (tertiary/aromatic N) is 1. The molecule has 12 heavy (non-hydrogen) atoms. The SMILES string of the molecule is CNc1ccc(C#N)c(F)c1F. The molecule has 0 heterocycles.